The van der Waals surface area contributed by atoms with Crippen molar-refractivity contribution >= 4 is 33.2 Å². The molecule has 0 aromatic heterocycles. The molecule has 1 amide bonds. The van der Waals surface area contributed by atoms with E-state index >= 15 is 0 Å². The van der Waals surface area contributed by atoms with Crippen LogP contribution >= 0.6 is 11.6 Å². The van der Waals surface area contributed by atoms with E-state index in [1.807, 2.05) is 25.1 Å². The van der Waals surface area contributed by atoms with Gasteiger partial charge < -0.3 is 10.1 Å². The predicted molar refractivity (Wildman–Crippen MR) is 112 cm³/mol. The molecule has 0 saturated heterocycles. The highest BCUT2D eigenvalue weighted by Crippen LogP contribution is 2.27. The SMILES string of the molecule is CCC(C(=O)NCc1ccccc1OC)N(c1ccc(C)c(Cl)c1)S(C)(=O)=O. The van der Waals surface area contributed by atoms with E-state index in [2.05, 4.69) is 5.32 Å². The number of halogens is 1. The van der Waals surface area contributed by atoms with Gasteiger partial charge >= 0.3 is 0 Å². The Hall–Kier alpha value is -2.25. The molecule has 0 heterocycles. The lowest BCUT2D eigenvalue weighted by atomic mass is 10.1. The lowest BCUT2D eigenvalue weighted by Gasteiger charge is -2.30. The molecule has 2 rings (SSSR count). The van der Waals surface area contributed by atoms with Crippen LogP contribution in [-0.4, -0.2) is 33.7 Å². The number of sulfonamides is 1. The summed E-state index contributed by atoms with van der Waals surface area (Å²) in [6.45, 7) is 3.82. The van der Waals surface area contributed by atoms with Crippen LogP contribution in [0.25, 0.3) is 0 Å². The highest BCUT2D eigenvalue weighted by Gasteiger charge is 2.31. The minimum Gasteiger partial charge on any atom is -0.496 e. The average Bonchev–Trinajstić information content (AvgIpc) is 2.65. The number of benzene rings is 2. The summed E-state index contributed by atoms with van der Waals surface area (Å²) in [6, 6.07) is 11.4. The Bertz CT molecular complexity index is 947. The summed E-state index contributed by atoms with van der Waals surface area (Å²) in [5, 5.41) is 3.26. The highest BCUT2D eigenvalue weighted by molar-refractivity contribution is 7.92. The van der Waals surface area contributed by atoms with Crippen molar-refractivity contribution in [3.05, 3.63) is 58.6 Å². The van der Waals surface area contributed by atoms with E-state index in [0.29, 0.717) is 22.9 Å². The van der Waals surface area contributed by atoms with Gasteiger partial charge in [-0.15, -0.1) is 0 Å². The molecule has 1 unspecified atom stereocenters. The molecule has 0 bridgehead atoms. The molecule has 152 valence electrons. The zero-order chi connectivity index (χ0) is 20.9. The molecule has 28 heavy (non-hydrogen) atoms. The number of para-hydroxylation sites is 1. The number of amides is 1. The van der Waals surface area contributed by atoms with Gasteiger partial charge in [-0.25, -0.2) is 8.42 Å². The summed E-state index contributed by atoms with van der Waals surface area (Å²) in [6.07, 6.45) is 1.38. The lowest BCUT2D eigenvalue weighted by Crippen LogP contribution is -2.49. The maximum atomic E-state index is 12.9. The van der Waals surface area contributed by atoms with Gasteiger partial charge in [0.25, 0.3) is 0 Å². The molecule has 0 aliphatic carbocycles. The Morgan fingerprint density at radius 1 is 1.25 bits per heavy atom. The van der Waals surface area contributed by atoms with Gasteiger partial charge in [-0.2, -0.15) is 0 Å². The van der Waals surface area contributed by atoms with E-state index in [-0.39, 0.29) is 6.54 Å². The third kappa shape index (κ3) is 5.17. The van der Waals surface area contributed by atoms with Crippen LogP contribution in [0.3, 0.4) is 0 Å². The molecule has 0 aliphatic rings. The number of methoxy groups -OCH3 is 1. The van der Waals surface area contributed by atoms with Crippen LogP contribution in [0.1, 0.15) is 24.5 Å². The second-order valence-electron chi connectivity index (χ2n) is 6.45. The smallest absolute Gasteiger partial charge is 0.244 e. The molecule has 6 nitrogen and oxygen atoms in total. The topological polar surface area (TPSA) is 75.7 Å². The number of carbonyl (C=O) groups is 1. The van der Waals surface area contributed by atoms with E-state index in [9.17, 15) is 13.2 Å². The zero-order valence-electron chi connectivity index (χ0n) is 16.4. The first-order valence-electron chi connectivity index (χ1n) is 8.84. The van der Waals surface area contributed by atoms with Gasteiger partial charge in [0, 0.05) is 17.1 Å². The first kappa shape index (κ1) is 22.0. The predicted octanol–water partition coefficient (Wildman–Crippen LogP) is 3.52. The third-order valence-corrected chi connectivity index (χ3v) is 5.97. The Morgan fingerprint density at radius 3 is 2.50 bits per heavy atom. The van der Waals surface area contributed by atoms with E-state index in [1.54, 1.807) is 38.3 Å². The molecule has 0 radical (unpaired) electrons. The number of carbonyl (C=O) groups excluding carboxylic acids is 1. The fourth-order valence-electron chi connectivity index (χ4n) is 2.93. The van der Waals surface area contributed by atoms with Gasteiger partial charge in [0.05, 0.1) is 19.1 Å². The summed E-state index contributed by atoms with van der Waals surface area (Å²) >= 11 is 6.17. The van der Waals surface area contributed by atoms with Crippen molar-refractivity contribution in [3.63, 3.8) is 0 Å². The van der Waals surface area contributed by atoms with Crippen molar-refractivity contribution in [1.82, 2.24) is 5.32 Å². The van der Waals surface area contributed by atoms with Gasteiger partial charge in [0.2, 0.25) is 15.9 Å². The second-order valence-corrected chi connectivity index (χ2v) is 8.71. The number of hydrogen-bond acceptors (Lipinski definition) is 4. The monoisotopic (exact) mass is 424 g/mol. The van der Waals surface area contributed by atoms with Crippen LogP contribution < -0.4 is 14.4 Å². The van der Waals surface area contributed by atoms with Crippen LogP contribution in [0, 0.1) is 6.92 Å². The van der Waals surface area contributed by atoms with Crippen molar-refractivity contribution in [1.29, 1.82) is 0 Å². The number of ether oxygens (including phenoxy) is 1. The van der Waals surface area contributed by atoms with E-state index in [0.717, 1.165) is 21.7 Å². The molecule has 0 fully saturated rings. The fraction of sp³-hybridized carbons (Fsp3) is 0.350. The normalized spacial score (nSPS) is 12.3. The summed E-state index contributed by atoms with van der Waals surface area (Å²) in [5.74, 6) is 0.261. The number of rotatable bonds is 8. The molecular weight excluding hydrogens is 400 g/mol. The maximum Gasteiger partial charge on any atom is 0.244 e. The molecule has 8 heteroatoms. The standard InChI is InChI=1S/C20H25ClN2O4S/c1-5-18(20(24)22-13-15-8-6-7-9-19(15)27-3)23(28(4,25)26)16-11-10-14(2)17(21)12-16/h6-12,18H,5,13H2,1-4H3,(H,22,24). The first-order chi connectivity index (χ1) is 13.2. The second kappa shape index (κ2) is 9.30. The molecule has 1 atom stereocenters. The molecule has 0 aliphatic heterocycles. The van der Waals surface area contributed by atoms with Gasteiger partial charge in [-0.05, 0) is 37.1 Å². The number of anilines is 1. The molecule has 0 spiro atoms. The van der Waals surface area contributed by atoms with Crippen molar-refractivity contribution in [2.75, 3.05) is 17.7 Å². The third-order valence-electron chi connectivity index (χ3n) is 4.39. The Labute approximate surface area is 171 Å². The maximum absolute atomic E-state index is 12.9. The van der Waals surface area contributed by atoms with Gasteiger partial charge in [-0.1, -0.05) is 42.8 Å². The fourth-order valence-corrected chi connectivity index (χ4v) is 4.31. The van der Waals surface area contributed by atoms with Crippen LogP contribution in [0.2, 0.25) is 5.02 Å². The largest absolute Gasteiger partial charge is 0.496 e. The summed E-state index contributed by atoms with van der Waals surface area (Å²) in [5.41, 5.74) is 1.99. The van der Waals surface area contributed by atoms with Gasteiger partial charge in [-0.3, -0.25) is 9.10 Å². The molecule has 1 N–H and O–H groups in total. The van der Waals surface area contributed by atoms with Crippen LogP contribution in [-0.2, 0) is 21.4 Å². The van der Waals surface area contributed by atoms with Crippen molar-refractivity contribution in [2.24, 2.45) is 0 Å². The highest BCUT2D eigenvalue weighted by atomic mass is 35.5. The number of nitrogens with one attached hydrogen (secondary N) is 1. The van der Waals surface area contributed by atoms with Crippen molar-refractivity contribution < 1.29 is 17.9 Å². The minimum absolute atomic E-state index is 0.228. The quantitative estimate of drug-likeness (QED) is 0.703. The Morgan fingerprint density at radius 2 is 1.93 bits per heavy atom. The van der Waals surface area contributed by atoms with E-state index in [4.69, 9.17) is 16.3 Å². The van der Waals surface area contributed by atoms with Crippen molar-refractivity contribution in [3.8, 4) is 5.75 Å². The van der Waals surface area contributed by atoms with E-state index < -0.39 is 22.0 Å². The number of nitrogens with zero attached hydrogens (tertiary/aromatic N) is 1. The number of hydrogen-bond donors (Lipinski definition) is 1. The Balaban J connectivity index is 2.30. The first-order valence-corrected chi connectivity index (χ1v) is 11.1. The van der Waals surface area contributed by atoms with Crippen LogP contribution in [0.15, 0.2) is 42.5 Å². The van der Waals surface area contributed by atoms with Crippen LogP contribution in [0.5, 0.6) is 5.75 Å². The van der Waals surface area contributed by atoms with Crippen LogP contribution in [0.4, 0.5) is 5.69 Å². The van der Waals surface area contributed by atoms with E-state index in [1.165, 1.54) is 0 Å². The number of aryl methyl sites for hydroxylation is 1. The molecule has 0 saturated carbocycles. The van der Waals surface area contributed by atoms with Crippen molar-refractivity contribution in [2.45, 2.75) is 32.9 Å². The summed E-state index contributed by atoms with van der Waals surface area (Å²) in [4.78, 5) is 12.9. The average molecular weight is 425 g/mol. The molecule has 2 aromatic rings. The lowest BCUT2D eigenvalue weighted by molar-refractivity contribution is -0.122. The molecule has 2 aromatic carbocycles. The Kier molecular flexibility index (Phi) is 7.32. The zero-order valence-corrected chi connectivity index (χ0v) is 18.0. The van der Waals surface area contributed by atoms with Gasteiger partial charge in [0.15, 0.2) is 0 Å². The summed E-state index contributed by atoms with van der Waals surface area (Å²) in [7, 11) is -2.15. The van der Waals surface area contributed by atoms with Gasteiger partial charge in [0.1, 0.15) is 11.8 Å². The minimum atomic E-state index is -3.71. The molecular formula is C20H25ClN2O4S. The summed E-state index contributed by atoms with van der Waals surface area (Å²) < 4.78 is 31.4.